The van der Waals surface area contributed by atoms with Crippen molar-refractivity contribution >= 4 is 15.8 Å². The number of rotatable bonds is 9. The normalized spacial score (nSPS) is 14.8. The van der Waals surface area contributed by atoms with Gasteiger partial charge in [0.25, 0.3) is 0 Å². The fourth-order valence-electron chi connectivity index (χ4n) is 2.97. The van der Waals surface area contributed by atoms with Crippen LogP contribution in [0.2, 0.25) is 0 Å². The minimum absolute atomic E-state index is 0.103. The first-order chi connectivity index (χ1) is 14.6. The Labute approximate surface area is 177 Å². The average molecular weight is 458 g/mol. The molecule has 11 heteroatoms. The van der Waals surface area contributed by atoms with Crippen molar-refractivity contribution in [3.8, 4) is 5.88 Å². The topological polar surface area (TPSA) is 94.6 Å². The number of ketones is 1. The van der Waals surface area contributed by atoms with Crippen LogP contribution in [0.25, 0.3) is 0 Å². The van der Waals surface area contributed by atoms with Crippen molar-refractivity contribution in [2.75, 3.05) is 19.8 Å². The van der Waals surface area contributed by atoms with E-state index in [0.29, 0.717) is 0 Å². The zero-order chi connectivity index (χ0) is 22.6. The SMILES string of the molecule is CCOc1ncc(S(=O)(=O)NC2COC2)cc1CC(=O)Cc1cccc(C(F)(F)F)c1. The number of nitrogens with zero attached hydrogens (tertiary/aromatic N) is 1. The van der Waals surface area contributed by atoms with Crippen molar-refractivity contribution in [2.24, 2.45) is 0 Å². The van der Waals surface area contributed by atoms with Crippen molar-refractivity contribution < 1.29 is 35.9 Å². The minimum Gasteiger partial charge on any atom is -0.478 e. The van der Waals surface area contributed by atoms with E-state index in [1.54, 1.807) is 6.92 Å². The molecular formula is C20H21F3N2O5S. The Hall–Kier alpha value is -2.50. The molecule has 1 aliphatic rings. The predicted molar refractivity (Wildman–Crippen MR) is 104 cm³/mol. The van der Waals surface area contributed by atoms with Gasteiger partial charge in [-0.2, -0.15) is 13.2 Å². The van der Waals surface area contributed by atoms with E-state index in [4.69, 9.17) is 9.47 Å². The molecule has 3 rings (SSSR count). The Morgan fingerprint density at radius 2 is 2.00 bits per heavy atom. The van der Waals surface area contributed by atoms with Crippen LogP contribution in [0.4, 0.5) is 13.2 Å². The van der Waals surface area contributed by atoms with Gasteiger partial charge >= 0.3 is 6.18 Å². The molecule has 0 radical (unpaired) electrons. The highest BCUT2D eigenvalue weighted by Gasteiger charge is 2.30. The van der Waals surface area contributed by atoms with E-state index in [1.165, 1.54) is 18.2 Å². The zero-order valence-electron chi connectivity index (χ0n) is 16.6. The maximum absolute atomic E-state index is 12.9. The van der Waals surface area contributed by atoms with E-state index in [-0.39, 0.29) is 60.6 Å². The number of ether oxygens (including phenoxy) is 2. The molecule has 31 heavy (non-hydrogen) atoms. The number of sulfonamides is 1. The first kappa shape index (κ1) is 23.2. The van der Waals surface area contributed by atoms with Gasteiger partial charge in [-0.25, -0.2) is 18.1 Å². The maximum atomic E-state index is 12.9. The zero-order valence-corrected chi connectivity index (χ0v) is 17.4. The summed E-state index contributed by atoms with van der Waals surface area (Å²) in [4.78, 5) is 16.4. The summed E-state index contributed by atoms with van der Waals surface area (Å²) in [6, 6.07) is 5.49. The molecule has 2 aromatic rings. The van der Waals surface area contributed by atoms with Crippen LogP contribution in [0.3, 0.4) is 0 Å². The van der Waals surface area contributed by atoms with E-state index < -0.39 is 27.5 Å². The molecule has 0 aliphatic carbocycles. The van der Waals surface area contributed by atoms with Gasteiger partial charge in [-0.15, -0.1) is 0 Å². The molecule has 0 spiro atoms. The Kier molecular flexibility index (Phi) is 6.97. The van der Waals surface area contributed by atoms with Crippen LogP contribution < -0.4 is 9.46 Å². The quantitative estimate of drug-likeness (QED) is 0.621. The van der Waals surface area contributed by atoms with Gasteiger partial charge in [-0.3, -0.25) is 4.79 Å². The summed E-state index contributed by atoms with van der Waals surface area (Å²) in [5, 5.41) is 0. The molecule has 1 saturated heterocycles. The standard InChI is InChI=1S/C20H21F3N2O5S/c1-2-30-19-14(9-18(10-24-19)31(27,28)25-16-11-29-12-16)8-17(26)7-13-4-3-5-15(6-13)20(21,22)23/h3-6,9-10,16,25H,2,7-8,11-12H2,1H3. The third-order valence-electron chi connectivity index (χ3n) is 4.49. The molecule has 0 saturated carbocycles. The summed E-state index contributed by atoms with van der Waals surface area (Å²) in [5.74, 6) is -0.303. The van der Waals surface area contributed by atoms with Crippen LogP contribution in [-0.4, -0.2) is 45.0 Å². The number of Topliss-reactive ketones (excluding diaryl/α,β-unsaturated/α-hetero) is 1. The molecule has 0 amide bonds. The van der Waals surface area contributed by atoms with Gasteiger partial charge in [0.15, 0.2) is 0 Å². The molecule has 1 fully saturated rings. The number of pyridine rings is 1. The van der Waals surface area contributed by atoms with Crippen molar-refractivity contribution in [2.45, 2.75) is 36.9 Å². The van der Waals surface area contributed by atoms with Gasteiger partial charge in [0.2, 0.25) is 15.9 Å². The summed E-state index contributed by atoms with van der Waals surface area (Å²) in [6.45, 7) is 2.49. The monoisotopic (exact) mass is 458 g/mol. The average Bonchev–Trinajstić information content (AvgIpc) is 2.66. The van der Waals surface area contributed by atoms with Gasteiger partial charge < -0.3 is 9.47 Å². The lowest BCUT2D eigenvalue weighted by molar-refractivity contribution is -0.137. The number of alkyl halides is 3. The molecule has 7 nitrogen and oxygen atoms in total. The molecule has 1 N–H and O–H groups in total. The Morgan fingerprint density at radius 1 is 1.26 bits per heavy atom. The molecule has 0 bridgehead atoms. The summed E-state index contributed by atoms with van der Waals surface area (Å²) in [5.41, 5.74) is -0.388. The molecule has 0 unspecified atom stereocenters. The van der Waals surface area contributed by atoms with Gasteiger partial charge in [-0.1, -0.05) is 18.2 Å². The van der Waals surface area contributed by atoms with Gasteiger partial charge in [0, 0.05) is 18.4 Å². The van der Waals surface area contributed by atoms with Crippen LogP contribution in [0.15, 0.2) is 41.4 Å². The van der Waals surface area contributed by atoms with Gasteiger partial charge in [-0.05, 0) is 24.6 Å². The fourth-order valence-corrected chi connectivity index (χ4v) is 4.17. The van der Waals surface area contributed by atoms with E-state index in [9.17, 15) is 26.4 Å². The lowest BCUT2D eigenvalue weighted by atomic mass is 10.0. The predicted octanol–water partition coefficient (Wildman–Crippen LogP) is 2.53. The van der Waals surface area contributed by atoms with Gasteiger partial charge in [0.05, 0.1) is 37.6 Å². The Bertz CT molecular complexity index is 1050. The van der Waals surface area contributed by atoms with Crippen LogP contribution in [0, 0.1) is 0 Å². The van der Waals surface area contributed by atoms with Crippen molar-refractivity contribution in [1.29, 1.82) is 0 Å². The highest BCUT2D eigenvalue weighted by molar-refractivity contribution is 7.89. The Morgan fingerprint density at radius 3 is 2.61 bits per heavy atom. The summed E-state index contributed by atoms with van der Waals surface area (Å²) < 4.78 is 76.5. The van der Waals surface area contributed by atoms with Crippen LogP contribution in [-0.2, 0) is 38.6 Å². The second kappa shape index (κ2) is 9.33. The number of carbonyl (C=O) groups excluding carboxylic acids is 1. The van der Waals surface area contributed by atoms with Crippen molar-refractivity contribution in [3.63, 3.8) is 0 Å². The molecule has 1 aromatic heterocycles. The molecule has 2 heterocycles. The van der Waals surface area contributed by atoms with Crippen LogP contribution in [0.5, 0.6) is 5.88 Å². The smallest absolute Gasteiger partial charge is 0.416 e. The number of hydrogen-bond donors (Lipinski definition) is 1. The number of hydrogen-bond acceptors (Lipinski definition) is 6. The summed E-state index contributed by atoms with van der Waals surface area (Å²) in [6.07, 6.45) is -3.86. The van der Waals surface area contributed by atoms with Crippen molar-refractivity contribution in [3.05, 3.63) is 53.2 Å². The maximum Gasteiger partial charge on any atom is 0.416 e. The molecular weight excluding hydrogens is 437 g/mol. The molecule has 0 atom stereocenters. The van der Waals surface area contributed by atoms with Crippen LogP contribution >= 0.6 is 0 Å². The van der Waals surface area contributed by atoms with Crippen molar-refractivity contribution in [1.82, 2.24) is 9.71 Å². The summed E-state index contributed by atoms with van der Waals surface area (Å²) >= 11 is 0. The highest BCUT2D eigenvalue weighted by Crippen LogP contribution is 2.30. The number of nitrogens with one attached hydrogen (secondary N) is 1. The number of benzene rings is 1. The van der Waals surface area contributed by atoms with Crippen LogP contribution in [0.1, 0.15) is 23.6 Å². The largest absolute Gasteiger partial charge is 0.478 e. The van der Waals surface area contributed by atoms with E-state index >= 15 is 0 Å². The lowest BCUT2D eigenvalue weighted by Crippen LogP contribution is -2.48. The second-order valence-electron chi connectivity index (χ2n) is 7.01. The first-order valence-corrected chi connectivity index (χ1v) is 11.0. The molecule has 1 aromatic carbocycles. The molecule has 1 aliphatic heterocycles. The third kappa shape index (κ3) is 6.02. The number of carbonyl (C=O) groups is 1. The number of halogens is 3. The first-order valence-electron chi connectivity index (χ1n) is 9.48. The van der Waals surface area contributed by atoms with E-state index in [2.05, 4.69) is 9.71 Å². The van der Waals surface area contributed by atoms with E-state index in [0.717, 1.165) is 18.3 Å². The molecule has 168 valence electrons. The summed E-state index contributed by atoms with van der Waals surface area (Å²) in [7, 11) is -3.88. The van der Waals surface area contributed by atoms with Gasteiger partial charge in [0.1, 0.15) is 10.7 Å². The fraction of sp³-hybridized carbons (Fsp3) is 0.400. The highest BCUT2D eigenvalue weighted by atomic mass is 32.2. The van der Waals surface area contributed by atoms with E-state index in [1.807, 2.05) is 0 Å². The number of aromatic nitrogens is 1. The third-order valence-corrected chi connectivity index (χ3v) is 5.98. The minimum atomic E-state index is -4.51. The Balaban J connectivity index is 1.79. The lowest BCUT2D eigenvalue weighted by Gasteiger charge is -2.26. The second-order valence-corrected chi connectivity index (χ2v) is 8.73.